The summed E-state index contributed by atoms with van der Waals surface area (Å²) >= 11 is 0. The Bertz CT molecular complexity index is 2090. The number of hydrogen-bond donors (Lipinski definition) is 3. The summed E-state index contributed by atoms with van der Waals surface area (Å²) in [5, 5.41) is 17.7. The van der Waals surface area contributed by atoms with Crippen LogP contribution in [-0.4, -0.2) is 102 Å². The van der Waals surface area contributed by atoms with Gasteiger partial charge in [0.25, 0.3) is 0 Å². The van der Waals surface area contributed by atoms with Gasteiger partial charge in [-0.25, -0.2) is 16.8 Å². The van der Waals surface area contributed by atoms with Crippen molar-refractivity contribution in [1.82, 2.24) is 9.03 Å². The van der Waals surface area contributed by atoms with Gasteiger partial charge in [-0.2, -0.15) is 9.03 Å². The highest BCUT2D eigenvalue weighted by Gasteiger charge is 2.28. The summed E-state index contributed by atoms with van der Waals surface area (Å²) in [4.78, 5) is 28.7. The highest BCUT2D eigenvalue weighted by Crippen LogP contribution is 2.31. The third kappa shape index (κ3) is 11.5. The van der Waals surface area contributed by atoms with Gasteiger partial charge in [-0.1, -0.05) is 62.4 Å². The average Bonchev–Trinajstić information content (AvgIpc) is 3.21. The molecular weight excluding hydrogens is 755 g/mol. The van der Waals surface area contributed by atoms with Crippen molar-refractivity contribution < 1.29 is 36.6 Å². The summed E-state index contributed by atoms with van der Waals surface area (Å²) in [7, 11) is -7.65. The molecule has 4 aromatic rings. The Morgan fingerprint density at radius 3 is 1.55 bits per heavy atom. The predicted octanol–water partition coefficient (Wildman–Crippen LogP) is 5.18. The van der Waals surface area contributed by atoms with Crippen LogP contribution in [0.5, 0.6) is 0 Å². The number of sulfonamides is 2. The predicted molar refractivity (Wildman–Crippen MR) is 218 cm³/mol. The Labute approximate surface area is 330 Å². The largest absolute Gasteiger partial charge is 0.480 e. The minimum Gasteiger partial charge on any atom is -0.480 e. The monoisotopic (exact) mass is 805 g/mol. The molecule has 2 aliphatic rings. The van der Waals surface area contributed by atoms with Gasteiger partial charge in [-0.05, 0) is 90.9 Å². The van der Waals surface area contributed by atoms with Gasteiger partial charge in [0.15, 0.2) is 0 Å². The number of para-hydroxylation sites is 1. The Morgan fingerprint density at radius 2 is 1.09 bits per heavy atom. The number of benzene rings is 4. The lowest BCUT2D eigenvalue weighted by Gasteiger charge is -2.37. The second-order valence-corrected chi connectivity index (χ2v) is 18.0. The fraction of sp³-hybridized carbons (Fsp3) is 0.366. The maximum absolute atomic E-state index is 12.9. The summed E-state index contributed by atoms with van der Waals surface area (Å²) in [6.07, 6.45) is 2.12. The SMILES string of the molecule is CC(C)CN(CC(=O)O)S(=O)(=O)c1ccc(N2CCC(c3ccccc3)CC2)cc1.O=C(O)CNS(=O)(=O)c1ccc(N2CCN(c3ccccc3)CC2)cc1. The molecule has 0 unspecified atom stereocenters. The van der Waals surface area contributed by atoms with Gasteiger partial charge in [-0.15, -0.1) is 0 Å². The third-order valence-electron chi connectivity index (χ3n) is 9.81. The standard InChI is InChI=1S/C23H30N2O4S.C18H21N3O4S/c1-18(2)16-25(17-23(26)27)30(28,29)22-10-8-21(9-11-22)24-14-12-20(13-15-24)19-6-4-3-5-7-19;22-18(23)14-19-26(24,25)17-8-6-16(7-9-17)21-12-10-20(11-13-21)15-4-2-1-3-5-15/h3-11,18,20H,12-17H2,1-2H3,(H,26,27);1-9,19H,10-14H2,(H,22,23). The zero-order valence-corrected chi connectivity index (χ0v) is 33.4. The lowest BCUT2D eigenvalue weighted by molar-refractivity contribution is -0.137. The van der Waals surface area contributed by atoms with Crippen LogP contribution in [0.4, 0.5) is 17.1 Å². The van der Waals surface area contributed by atoms with Crippen LogP contribution in [0, 0.1) is 5.92 Å². The van der Waals surface area contributed by atoms with Gasteiger partial charge in [-0.3, -0.25) is 9.59 Å². The summed E-state index contributed by atoms with van der Waals surface area (Å²) in [5.41, 5.74) is 4.53. The molecule has 2 fully saturated rings. The van der Waals surface area contributed by atoms with E-state index in [0.29, 0.717) is 5.92 Å². The van der Waals surface area contributed by atoms with Crippen molar-refractivity contribution >= 4 is 49.0 Å². The van der Waals surface area contributed by atoms with E-state index in [0.717, 1.165) is 67.8 Å². The van der Waals surface area contributed by atoms with Gasteiger partial charge < -0.3 is 24.9 Å². The summed E-state index contributed by atoms with van der Waals surface area (Å²) in [5.74, 6) is -1.79. The molecule has 0 atom stereocenters. The number of anilines is 3. The van der Waals surface area contributed by atoms with Crippen LogP contribution >= 0.6 is 0 Å². The highest BCUT2D eigenvalue weighted by molar-refractivity contribution is 7.89. The minimum absolute atomic E-state index is 0.0318. The number of carboxylic acids is 2. The number of hydrogen-bond acceptors (Lipinski definition) is 9. The first-order valence-electron chi connectivity index (χ1n) is 18.7. The van der Waals surface area contributed by atoms with E-state index in [9.17, 15) is 26.4 Å². The number of nitrogens with one attached hydrogen (secondary N) is 1. The van der Waals surface area contributed by atoms with Crippen molar-refractivity contribution in [2.45, 2.75) is 42.4 Å². The first-order chi connectivity index (χ1) is 26.7. The quantitative estimate of drug-likeness (QED) is 0.154. The molecule has 2 aliphatic heterocycles. The van der Waals surface area contributed by atoms with Crippen molar-refractivity contribution in [3.63, 3.8) is 0 Å². The molecule has 0 saturated carbocycles. The molecule has 3 N–H and O–H groups in total. The van der Waals surface area contributed by atoms with Gasteiger partial charge >= 0.3 is 11.9 Å². The fourth-order valence-electron chi connectivity index (χ4n) is 6.92. The molecule has 0 spiro atoms. The molecule has 0 amide bonds. The average molecular weight is 806 g/mol. The minimum atomic E-state index is -3.85. The number of piperidine rings is 1. The van der Waals surface area contributed by atoms with E-state index in [1.165, 1.54) is 23.4 Å². The highest BCUT2D eigenvalue weighted by atomic mass is 32.2. The van der Waals surface area contributed by atoms with Crippen LogP contribution in [0.2, 0.25) is 0 Å². The van der Waals surface area contributed by atoms with Gasteiger partial charge in [0.05, 0.1) is 9.79 Å². The second kappa shape index (κ2) is 19.3. The van der Waals surface area contributed by atoms with E-state index >= 15 is 0 Å². The Morgan fingerprint density at radius 1 is 0.643 bits per heavy atom. The number of carboxylic acid groups (broad SMARTS) is 2. The first-order valence-corrected chi connectivity index (χ1v) is 21.6. The maximum atomic E-state index is 12.9. The molecule has 0 bridgehead atoms. The van der Waals surface area contributed by atoms with Gasteiger partial charge in [0.2, 0.25) is 20.0 Å². The lowest BCUT2D eigenvalue weighted by atomic mass is 9.89. The van der Waals surface area contributed by atoms with Crippen molar-refractivity contribution in [3.05, 3.63) is 115 Å². The molecule has 56 heavy (non-hydrogen) atoms. The van der Waals surface area contributed by atoms with Gasteiger partial charge in [0.1, 0.15) is 13.1 Å². The van der Waals surface area contributed by atoms with Crippen molar-refractivity contribution in [1.29, 1.82) is 0 Å². The normalized spacial score (nSPS) is 15.4. The molecule has 4 aromatic carbocycles. The molecule has 300 valence electrons. The van der Waals surface area contributed by atoms with Crippen LogP contribution in [0.3, 0.4) is 0 Å². The maximum Gasteiger partial charge on any atom is 0.318 e. The molecule has 0 aliphatic carbocycles. The van der Waals surface area contributed by atoms with Crippen molar-refractivity contribution in [2.24, 2.45) is 5.92 Å². The first kappa shape index (κ1) is 42.2. The molecule has 2 heterocycles. The molecule has 13 nitrogen and oxygen atoms in total. The van der Waals surface area contributed by atoms with Crippen LogP contribution in [0.15, 0.2) is 119 Å². The third-order valence-corrected chi connectivity index (χ3v) is 13.1. The smallest absolute Gasteiger partial charge is 0.318 e. The van der Waals surface area contributed by atoms with E-state index in [1.54, 1.807) is 24.3 Å². The van der Waals surface area contributed by atoms with E-state index in [-0.39, 0.29) is 22.3 Å². The molecule has 2 saturated heterocycles. The van der Waals surface area contributed by atoms with Crippen LogP contribution in [0.1, 0.15) is 38.2 Å². The summed E-state index contributed by atoms with van der Waals surface area (Å²) in [6, 6.07) is 34.1. The Balaban J connectivity index is 0.000000216. The Hall–Kier alpha value is -4.96. The lowest BCUT2D eigenvalue weighted by Crippen LogP contribution is -2.46. The van der Waals surface area contributed by atoms with Crippen LogP contribution < -0.4 is 19.4 Å². The number of piperazine rings is 1. The topological polar surface area (TPSA) is 168 Å². The second-order valence-electron chi connectivity index (χ2n) is 14.3. The van der Waals surface area contributed by atoms with E-state index in [1.807, 2.05) is 50.2 Å². The van der Waals surface area contributed by atoms with Crippen LogP contribution in [0.25, 0.3) is 0 Å². The zero-order chi connectivity index (χ0) is 40.3. The van der Waals surface area contributed by atoms with E-state index < -0.39 is 45.1 Å². The molecule has 0 radical (unpaired) electrons. The molecule has 0 aromatic heterocycles. The van der Waals surface area contributed by atoms with E-state index in [2.05, 4.69) is 55.8 Å². The fourth-order valence-corrected chi connectivity index (χ4v) is 9.45. The number of aliphatic carboxylic acids is 2. The number of carbonyl (C=O) groups is 2. The number of rotatable bonds is 14. The van der Waals surface area contributed by atoms with Crippen molar-refractivity contribution in [2.75, 3.05) is 73.6 Å². The summed E-state index contributed by atoms with van der Waals surface area (Å²) in [6.45, 7) is 8.06. The Kier molecular flexibility index (Phi) is 14.5. The molecule has 15 heteroatoms. The van der Waals surface area contributed by atoms with Crippen LogP contribution in [-0.2, 0) is 29.6 Å². The van der Waals surface area contributed by atoms with Crippen molar-refractivity contribution in [3.8, 4) is 0 Å². The van der Waals surface area contributed by atoms with Gasteiger partial charge in [0, 0.05) is 62.9 Å². The van der Waals surface area contributed by atoms with E-state index in [4.69, 9.17) is 10.2 Å². The zero-order valence-electron chi connectivity index (χ0n) is 31.8. The summed E-state index contributed by atoms with van der Waals surface area (Å²) < 4.78 is 53.0. The number of nitrogens with zero attached hydrogens (tertiary/aromatic N) is 4. The molecule has 6 rings (SSSR count). The molecular formula is C41H51N5O8S2.